The zero-order valence-electron chi connectivity index (χ0n) is 9.83. The van der Waals surface area contributed by atoms with Crippen molar-refractivity contribution in [1.82, 2.24) is 4.90 Å². The number of rotatable bonds is 2. The van der Waals surface area contributed by atoms with Crippen molar-refractivity contribution in [3.05, 3.63) is 33.8 Å². The summed E-state index contributed by atoms with van der Waals surface area (Å²) < 4.78 is 0. The zero-order valence-corrected chi connectivity index (χ0v) is 12.1. The van der Waals surface area contributed by atoms with E-state index in [1.54, 1.807) is 23.1 Å². The normalized spacial score (nSPS) is 19.9. The molecular weight excluding hydrogens is 293 g/mol. The fraction of sp³-hybridized carbons (Fsp3) is 0.462. The summed E-state index contributed by atoms with van der Waals surface area (Å²) >= 11 is 18.0. The number of hydrogen-bond donors (Lipinski definition) is 0. The first-order chi connectivity index (χ1) is 8.63. The number of carbonyl (C=O) groups is 1. The number of halogens is 3. The minimum atomic E-state index is -0.0968. The number of likely N-dealkylation sites (tertiary alicyclic amines) is 1. The average Bonchev–Trinajstić information content (AvgIpc) is 2.38. The summed E-state index contributed by atoms with van der Waals surface area (Å²) in [6.07, 6.45) is 2.05. The standard InChI is InChI=1S/C13H14Cl3NO/c14-7-9-3-2-6-17(8-9)13(18)12-10(15)4-1-5-11(12)16/h1,4-5,9H,2-3,6-8H2. The van der Waals surface area contributed by atoms with Gasteiger partial charge in [-0.15, -0.1) is 11.6 Å². The topological polar surface area (TPSA) is 20.3 Å². The number of amides is 1. The lowest BCUT2D eigenvalue weighted by Gasteiger charge is -2.32. The van der Waals surface area contributed by atoms with Crippen LogP contribution in [0.5, 0.6) is 0 Å². The lowest BCUT2D eigenvalue weighted by Crippen LogP contribution is -2.40. The van der Waals surface area contributed by atoms with Gasteiger partial charge in [0.1, 0.15) is 0 Å². The van der Waals surface area contributed by atoms with Gasteiger partial charge in [0.05, 0.1) is 15.6 Å². The molecule has 1 fully saturated rings. The highest BCUT2D eigenvalue weighted by atomic mass is 35.5. The molecule has 1 aromatic rings. The molecular formula is C13H14Cl3NO. The summed E-state index contributed by atoms with van der Waals surface area (Å²) in [6.45, 7) is 1.43. The van der Waals surface area contributed by atoms with Crippen molar-refractivity contribution in [3.63, 3.8) is 0 Å². The van der Waals surface area contributed by atoms with Gasteiger partial charge in [-0.3, -0.25) is 4.79 Å². The smallest absolute Gasteiger partial charge is 0.256 e. The Morgan fingerprint density at radius 3 is 2.61 bits per heavy atom. The van der Waals surface area contributed by atoms with Crippen LogP contribution in [0.1, 0.15) is 23.2 Å². The van der Waals surface area contributed by atoms with Crippen molar-refractivity contribution in [2.45, 2.75) is 12.8 Å². The van der Waals surface area contributed by atoms with Gasteiger partial charge in [-0.25, -0.2) is 0 Å². The summed E-state index contributed by atoms with van der Waals surface area (Å²) in [5.41, 5.74) is 0.399. The van der Waals surface area contributed by atoms with E-state index in [1.165, 1.54) is 0 Å². The van der Waals surface area contributed by atoms with Crippen molar-refractivity contribution >= 4 is 40.7 Å². The molecule has 0 aliphatic carbocycles. The SMILES string of the molecule is O=C(c1c(Cl)cccc1Cl)N1CCCC(CCl)C1. The quantitative estimate of drug-likeness (QED) is 0.754. The zero-order chi connectivity index (χ0) is 13.1. The van der Waals surface area contributed by atoms with Gasteiger partial charge in [0.15, 0.2) is 0 Å². The van der Waals surface area contributed by atoms with Crippen LogP contribution in [-0.2, 0) is 0 Å². The molecule has 5 heteroatoms. The first-order valence-corrected chi connectivity index (χ1v) is 7.21. The van der Waals surface area contributed by atoms with Crippen molar-refractivity contribution in [3.8, 4) is 0 Å². The summed E-state index contributed by atoms with van der Waals surface area (Å²) in [7, 11) is 0. The maximum atomic E-state index is 12.4. The van der Waals surface area contributed by atoms with E-state index < -0.39 is 0 Å². The minimum Gasteiger partial charge on any atom is -0.338 e. The monoisotopic (exact) mass is 305 g/mol. The van der Waals surface area contributed by atoms with Crippen LogP contribution in [0.2, 0.25) is 10.0 Å². The van der Waals surface area contributed by atoms with Gasteiger partial charge >= 0.3 is 0 Å². The van der Waals surface area contributed by atoms with Gasteiger partial charge in [-0.05, 0) is 30.9 Å². The van der Waals surface area contributed by atoms with E-state index in [2.05, 4.69) is 0 Å². The molecule has 1 aliphatic heterocycles. The number of alkyl halides is 1. The number of benzene rings is 1. The lowest BCUT2D eigenvalue weighted by molar-refractivity contribution is 0.0685. The summed E-state index contributed by atoms with van der Waals surface area (Å²) in [5, 5.41) is 0.806. The fourth-order valence-electron chi connectivity index (χ4n) is 2.24. The molecule has 1 unspecified atom stereocenters. The molecule has 0 bridgehead atoms. The second kappa shape index (κ2) is 6.14. The Morgan fingerprint density at radius 2 is 2.00 bits per heavy atom. The Bertz CT molecular complexity index is 430. The van der Waals surface area contributed by atoms with Gasteiger partial charge in [-0.1, -0.05) is 29.3 Å². The molecule has 1 atom stereocenters. The minimum absolute atomic E-state index is 0.0968. The van der Waals surface area contributed by atoms with E-state index in [4.69, 9.17) is 34.8 Å². The van der Waals surface area contributed by atoms with Crippen LogP contribution in [0.4, 0.5) is 0 Å². The van der Waals surface area contributed by atoms with Crippen LogP contribution in [0.15, 0.2) is 18.2 Å². The van der Waals surface area contributed by atoms with Gasteiger partial charge < -0.3 is 4.90 Å². The van der Waals surface area contributed by atoms with E-state index in [-0.39, 0.29) is 5.91 Å². The highest BCUT2D eigenvalue weighted by molar-refractivity contribution is 6.39. The second-order valence-electron chi connectivity index (χ2n) is 4.51. The van der Waals surface area contributed by atoms with Crippen LogP contribution in [-0.4, -0.2) is 29.8 Å². The van der Waals surface area contributed by atoms with Crippen LogP contribution in [0, 0.1) is 5.92 Å². The molecule has 1 saturated heterocycles. The Labute approximate surface area is 122 Å². The van der Waals surface area contributed by atoms with Crippen molar-refractivity contribution in [2.24, 2.45) is 5.92 Å². The molecule has 1 heterocycles. The third-order valence-corrected chi connectivity index (χ3v) is 4.27. The van der Waals surface area contributed by atoms with Gasteiger partial charge in [0, 0.05) is 19.0 Å². The number of nitrogens with zero attached hydrogens (tertiary/aromatic N) is 1. The van der Waals surface area contributed by atoms with Crippen LogP contribution in [0.25, 0.3) is 0 Å². The van der Waals surface area contributed by atoms with E-state index in [0.717, 1.165) is 19.4 Å². The molecule has 1 amide bonds. The number of hydrogen-bond acceptors (Lipinski definition) is 1. The summed E-state index contributed by atoms with van der Waals surface area (Å²) in [4.78, 5) is 14.2. The van der Waals surface area contributed by atoms with Gasteiger partial charge in [0.25, 0.3) is 5.91 Å². The van der Waals surface area contributed by atoms with Crippen molar-refractivity contribution in [1.29, 1.82) is 0 Å². The third kappa shape index (κ3) is 2.93. The van der Waals surface area contributed by atoms with Gasteiger partial charge in [-0.2, -0.15) is 0 Å². The average molecular weight is 307 g/mol. The second-order valence-corrected chi connectivity index (χ2v) is 5.63. The maximum Gasteiger partial charge on any atom is 0.256 e. The molecule has 1 aromatic carbocycles. The highest BCUT2D eigenvalue weighted by Crippen LogP contribution is 2.27. The Morgan fingerprint density at radius 1 is 1.33 bits per heavy atom. The highest BCUT2D eigenvalue weighted by Gasteiger charge is 2.26. The molecule has 0 radical (unpaired) electrons. The fourth-order valence-corrected chi connectivity index (χ4v) is 3.05. The van der Waals surface area contributed by atoms with E-state index in [9.17, 15) is 4.79 Å². The van der Waals surface area contributed by atoms with Crippen molar-refractivity contribution in [2.75, 3.05) is 19.0 Å². The molecule has 1 aliphatic rings. The summed E-state index contributed by atoms with van der Waals surface area (Å²) in [5.74, 6) is 0.853. The predicted octanol–water partition coefficient (Wildman–Crippen LogP) is 4.08. The van der Waals surface area contributed by atoms with Crippen molar-refractivity contribution < 1.29 is 4.79 Å². The molecule has 2 rings (SSSR count). The molecule has 18 heavy (non-hydrogen) atoms. The first-order valence-electron chi connectivity index (χ1n) is 5.92. The number of carbonyl (C=O) groups excluding carboxylic acids is 1. The van der Waals surface area contributed by atoms with Crippen LogP contribution in [0.3, 0.4) is 0 Å². The molecule has 0 spiro atoms. The molecule has 0 N–H and O–H groups in total. The van der Waals surface area contributed by atoms with E-state index in [1.807, 2.05) is 0 Å². The largest absolute Gasteiger partial charge is 0.338 e. The van der Waals surface area contributed by atoms with E-state index in [0.29, 0.717) is 34.0 Å². The summed E-state index contributed by atoms with van der Waals surface area (Å²) in [6, 6.07) is 5.10. The van der Waals surface area contributed by atoms with Crippen LogP contribution >= 0.6 is 34.8 Å². The lowest BCUT2D eigenvalue weighted by atomic mass is 9.99. The Hall–Kier alpha value is -0.440. The molecule has 0 saturated carbocycles. The Balaban J connectivity index is 2.20. The maximum absolute atomic E-state index is 12.4. The Kier molecular flexibility index (Phi) is 4.77. The van der Waals surface area contributed by atoms with Gasteiger partial charge in [0.2, 0.25) is 0 Å². The van der Waals surface area contributed by atoms with E-state index >= 15 is 0 Å². The third-order valence-electron chi connectivity index (χ3n) is 3.20. The van der Waals surface area contributed by atoms with Crippen LogP contribution < -0.4 is 0 Å². The molecule has 98 valence electrons. The molecule has 0 aromatic heterocycles. The predicted molar refractivity (Wildman–Crippen MR) is 75.8 cm³/mol. The first kappa shape index (κ1) is 14.0. The molecule has 2 nitrogen and oxygen atoms in total. The number of piperidine rings is 1.